The van der Waals surface area contributed by atoms with Crippen LogP contribution in [0.1, 0.15) is 25.3 Å². The first-order valence-corrected chi connectivity index (χ1v) is 13.5. The second-order valence-corrected chi connectivity index (χ2v) is 11.7. The van der Waals surface area contributed by atoms with E-state index < -0.39 is 28.6 Å². The van der Waals surface area contributed by atoms with E-state index in [0.29, 0.717) is 23.6 Å². The number of aryl methyl sites for hydroxylation is 1. The molecule has 0 radical (unpaired) electrons. The molecule has 1 N–H and O–H groups in total. The van der Waals surface area contributed by atoms with E-state index >= 15 is 0 Å². The summed E-state index contributed by atoms with van der Waals surface area (Å²) in [5.41, 5.74) is 1.40. The third kappa shape index (κ3) is 4.07. The highest BCUT2D eigenvalue weighted by Crippen LogP contribution is 2.68. The average molecular weight is 533 g/mol. The van der Waals surface area contributed by atoms with Gasteiger partial charge in [-0.3, -0.25) is 14.4 Å². The maximum absolute atomic E-state index is 14.4. The molecular weight excluding hydrogens is 500 g/mol. The average Bonchev–Trinajstić information content (AvgIpc) is 3.42. The summed E-state index contributed by atoms with van der Waals surface area (Å²) in [6.07, 6.45) is 4.54. The number of ether oxygens (including phenoxy) is 1. The number of anilines is 1. The summed E-state index contributed by atoms with van der Waals surface area (Å²) in [4.78, 5) is 44.5. The maximum Gasteiger partial charge on any atom is 0.310 e. The number of aliphatic hydroxyl groups is 1. The number of benzene rings is 1. The minimum Gasteiger partial charge on any atom is -0.465 e. The van der Waals surface area contributed by atoms with Gasteiger partial charge in [0.25, 0.3) is 5.91 Å². The number of rotatable bonds is 10. The monoisotopic (exact) mass is 532 g/mol. The number of esters is 1. The minimum atomic E-state index is -0.853. The molecule has 1 aromatic rings. The molecule has 0 aromatic heterocycles. The third-order valence-corrected chi connectivity index (χ3v) is 10.1. The number of carbonyl (C=O) groups is 3. The topological polar surface area (TPSA) is 87.2 Å². The molecule has 2 amide bonds. The Kier molecular flexibility index (Phi) is 7.88. The lowest BCUT2D eigenvalue weighted by Gasteiger charge is -2.40. The molecule has 3 heterocycles. The van der Waals surface area contributed by atoms with Gasteiger partial charge < -0.3 is 19.6 Å². The Hall–Kier alpha value is -2.29. The van der Waals surface area contributed by atoms with E-state index in [0.717, 1.165) is 5.56 Å². The zero-order valence-electron chi connectivity index (χ0n) is 20.7. The number of aliphatic hydroxyl groups excluding tert-OH is 1. The van der Waals surface area contributed by atoms with Crippen LogP contribution in [0.3, 0.4) is 0 Å². The molecule has 7 nitrogen and oxygen atoms in total. The van der Waals surface area contributed by atoms with Crippen LogP contribution in [0.2, 0.25) is 5.02 Å². The van der Waals surface area contributed by atoms with Crippen molar-refractivity contribution in [3.05, 3.63) is 54.1 Å². The Bertz CT molecular complexity index is 1060. The van der Waals surface area contributed by atoms with Gasteiger partial charge in [-0.2, -0.15) is 0 Å². The summed E-state index contributed by atoms with van der Waals surface area (Å²) in [5, 5.41) is 10.2. The molecule has 2 bridgehead atoms. The van der Waals surface area contributed by atoms with Crippen LogP contribution < -0.4 is 4.90 Å². The molecule has 0 aliphatic carbocycles. The van der Waals surface area contributed by atoms with Crippen molar-refractivity contribution in [2.24, 2.45) is 17.8 Å². The van der Waals surface area contributed by atoms with Gasteiger partial charge in [0, 0.05) is 18.3 Å². The standard InChI is InChI=1S/C27H33ClN2O5S/c1-5-7-14-35-26(34)20-19-15-17(4)27(36-19)21(20)24(32)30(12-13-31)23(27)25(33)29(11-6-2)22-16(3)9-8-10-18(22)28/h5-6,8-10,17,19-21,23,31H,1-2,7,11-15H2,3-4H3/t17?,19-,20+,21-,23?,27?/m0/s1. The number of thioether (sulfide) groups is 1. The number of nitrogens with zero attached hydrogens (tertiary/aromatic N) is 2. The van der Waals surface area contributed by atoms with Crippen molar-refractivity contribution in [1.82, 2.24) is 4.90 Å². The highest BCUT2D eigenvalue weighted by atomic mass is 35.5. The first kappa shape index (κ1) is 26.8. The van der Waals surface area contributed by atoms with Crippen LogP contribution >= 0.6 is 23.4 Å². The minimum absolute atomic E-state index is 0.00705. The van der Waals surface area contributed by atoms with Gasteiger partial charge in [-0.05, 0) is 37.3 Å². The van der Waals surface area contributed by atoms with Crippen LogP contribution in [0.25, 0.3) is 0 Å². The Morgan fingerprint density at radius 2 is 2.11 bits per heavy atom. The van der Waals surface area contributed by atoms with Crippen molar-refractivity contribution >= 4 is 46.8 Å². The molecule has 1 aromatic carbocycles. The van der Waals surface area contributed by atoms with E-state index in [4.69, 9.17) is 16.3 Å². The van der Waals surface area contributed by atoms with Gasteiger partial charge in [0.15, 0.2) is 0 Å². The van der Waals surface area contributed by atoms with Crippen LogP contribution in [0.5, 0.6) is 0 Å². The van der Waals surface area contributed by atoms with Crippen molar-refractivity contribution in [3.63, 3.8) is 0 Å². The highest BCUT2D eigenvalue weighted by molar-refractivity contribution is 8.02. The van der Waals surface area contributed by atoms with Gasteiger partial charge in [0.2, 0.25) is 5.91 Å². The normalized spacial score (nSPS) is 30.3. The van der Waals surface area contributed by atoms with Crippen LogP contribution in [0.4, 0.5) is 5.69 Å². The summed E-state index contributed by atoms with van der Waals surface area (Å²) in [6, 6.07) is 4.58. The summed E-state index contributed by atoms with van der Waals surface area (Å²) >= 11 is 8.13. The zero-order valence-corrected chi connectivity index (χ0v) is 22.3. The molecular formula is C27H33ClN2O5S. The fourth-order valence-electron chi connectivity index (χ4n) is 6.29. The number of likely N-dealkylation sites (tertiary alicyclic amines) is 1. The quantitative estimate of drug-likeness (QED) is 0.281. The fourth-order valence-corrected chi connectivity index (χ4v) is 9.02. The molecule has 194 valence electrons. The predicted molar refractivity (Wildman–Crippen MR) is 142 cm³/mol. The molecule has 3 saturated heterocycles. The largest absolute Gasteiger partial charge is 0.465 e. The van der Waals surface area contributed by atoms with Gasteiger partial charge in [0.05, 0.1) is 40.5 Å². The van der Waals surface area contributed by atoms with Crippen LogP contribution in [-0.4, -0.2) is 70.1 Å². The Morgan fingerprint density at radius 1 is 1.36 bits per heavy atom. The second-order valence-electron chi connectivity index (χ2n) is 9.70. The zero-order chi connectivity index (χ0) is 26.2. The molecule has 4 rings (SSSR count). The Balaban J connectivity index is 1.78. The summed E-state index contributed by atoms with van der Waals surface area (Å²) < 4.78 is 4.71. The highest BCUT2D eigenvalue weighted by Gasteiger charge is 2.76. The number of β-amino-alcohol motifs (C(OH)–C–C–N with tert-alkyl or cyclic N) is 1. The molecule has 1 spiro atoms. The molecule has 3 unspecified atom stereocenters. The van der Waals surface area contributed by atoms with Crippen molar-refractivity contribution in [1.29, 1.82) is 0 Å². The van der Waals surface area contributed by atoms with E-state index in [1.807, 2.05) is 26.0 Å². The van der Waals surface area contributed by atoms with E-state index in [-0.39, 0.29) is 49.3 Å². The molecule has 9 heteroatoms. The lowest BCUT2D eigenvalue weighted by Crippen LogP contribution is -2.57. The number of hydrogen-bond acceptors (Lipinski definition) is 6. The molecule has 3 fully saturated rings. The summed E-state index contributed by atoms with van der Waals surface area (Å²) in [7, 11) is 0. The molecule has 0 saturated carbocycles. The number of fused-ring (bicyclic) bond motifs is 1. The van der Waals surface area contributed by atoms with E-state index in [1.54, 1.807) is 34.9 Å². The molecule has 3 aliphatic rings. The van der Waals surface area contributed by atoms with Gasteiger partial charge >= 0.3 is 5.97 Å². The van der Waals surface area contributed by atoms with Gasteiger partial charge in [-0.15, -0.1) is 24.9 Å². The van der Waals surface area contributed by atoms with Gasteiger partial charge in [-0.25, -0.2) is 0 Å². The number of para-hydroxylation sites is 1. The smallest absolute Gasteiger partial charge is 0.310 e. The van der Waals surface area contributed by atoms with Crippen molar-refractivity contribution < 1.29 is 24.2 Å². The first-order chi connectivity index (χ1) is 17.2. The lowest BCUT2D eigenvalue weighted by molar-refractivity contribution is -0.154. The number of hydrogen-bond donors (Lipinski definition) is 1. The van der Waals surface area contributed by atoms with E-state index in [9.17, 15) is 19.5 Å². The van der Waals surface area contributed by atoms with Crippen LogP contribution in [0, 0.1) is 24.7 Å². The Labute approximate surface area is 221 Å². The van der Waals surface area contributed by atoms with Crippen molar-refractivity contribution in [2.75, 3.05) is 31.2 Å². The molecule has 3 aliphatic heterocycles. The third-order valence-electron chi connectivity index (χ3n) is 7.69. The fraction of sp³-hybridized carbons (Fsp3) is 0.519. The maximum atomic E-state index is 14.4. The summed E-state index contributed by atoms with van der Waals surface area (Å²) in [6.45, 7) is 11.6. The van der Waals surface area contributed by atoms with Crippen molar-refractivity contribution in [2.45, 2.75) is 42.7 Å². The number of carbonyl (C=O) groups excluding carboxylic acids is 3. The lowest BCUT2D eigenvalue weighted by atomic mass is 9.66. The first-order valence-electron chi connectivity index (χ1n) is 12.3. The molecule has 36 heavy (non-hydrogen) atoms. The van der Waals surface area contributed by atoms with Gasteiger partial charge in [-0.1, -0.05) is 42.8 Å². The number of halogens is 1. The van der Waals surface area contributed by atoms with Gasteiger partial charge in [0.1, 0.15) is 6.04 Å². The van der Waals surface area contributed by atoms with Crippen LogP contribution in [-0.2, 0) is 19.1 Å². The molecule has 6 atom stereocenters. The second kappa shape index (κ2) is 10.6. The SMILES string of the molecule is C=CCCOC(=O)[C@@H]1[C@@H]2CC(C)C3(S2)C(C(=O)N(CC=C)c2c(C)cccc2Cl)N(CCO)C(=O)[C@H]13. The van der Waals surface area contributed by atoms with Crippen LogP contribution in [0.15, 0.2) is 43.5 Å². The van der Waals surface area contributed by atoms with Crippen molar-refractivity contribution in [3.8, 4) is 0 Å². The predicted octanol–water partition coefficient (Wildman–Crippen LogP) is 3.62. The number of amides is 2. The van der Waals surface area contributed by atoms with E-state index in [2.05, 4.69) is 13.2 Å². The van der Waals surface area contributed by atoms with E-state index in [1.165, 1.54) is 4.90 Å². The Morgan fingerprint density at radius 3 is 2.75 bits per heavy atom. The summed E-state index contributed by atoms with van der Waals surface area (Å²) in [5.74, 6) is -2.26.